The van der Waals surface area contributed by atoms with E-state index < -0.39 is 0 Å². The molecule has 2 N–H and O–H groups in total. The summed E-state index contributed by atoms with van der Waals surface area (Å²) in [5, 5.41) is 21.6. The van der Waals surface area contributed by atoms with Crippen LogP contribution >= 0.6 is 11.6 Å². The Kier molecular flexibility index (Phi) is 5.48. The Balaban J connectivity index is 1.69. The van der Waals surface area contributed by atoms with Crippen LogP contribution in [0.5, 0.6) is 0 Å². The Morgan fingerprint density at radius 1 is 1.19 bits per heavy atom. The number of anilines is 1. The number of fused-ring (bicyclic) bond motifs is 1. The van der Waals surface area contributed by atoms with Gasteiger partial charge < -0.3 is 10.6 Å². The third-order valence-corrected chi connectivity index (χ3v) is 5.80. The van der Waals surface area contributed by atoms with Gasteiger partial charge in [0.1, 0.15) is 16.7 Å². The zero-order valence-electron chi connectivity index (χ0n) is 17.6. The van der Waals surface area contributed by atoms with Crippen molar-refractivity contribution in [1.29, 1.82) is 5.26 Å². The monoisotopic (exact) mass is 443 g/mol. The zero-order valence-corrected chi connectivity index (χ0v) is 18.4. The molecule has 3 aromatic heterocycles. The maximum atomic E-state index is 9.37. The van der Waals surface area contributed by atoms with E-state index in [1.54, 1.807) is 10.6 Å². The van der Waals surface area contributed by atoms with Crippen molar-refractivity contribution < 1.29 is 0 Å². The molecule has 32 heavy (non-hydrogen) atoms. The summed E-state index contributed by atoms with van der Waals surface area (Å²) < 4.78 is 1.78. The minimum Gasteiger partial charge on any atom is -0.366 e. The Hall–Kier alpha value is -3.47. The number of nitrogens with zero attached hydrogens (tertiary/aromatic N) is 5. The number of nitrogens with one attached hydrogen (secondary N) is 2. The highest BCUT2D eigenvalue weighted by molar-refractivity contribution is 6.29. The molecule has 1 atom stereocenters. The summed E-state index contributed by atoms with van der Waals surface area (Å²) >= 11 is 6.30. The normalized spacial score (nSPS) is 16.1. The first-order valence-corrected chi connectivity index (χ1v) is 11.0. The predicted octanol–water partition coefficient (Wildman–Crippen LogP) is 4.46. The van der Waals surface area contributed by atoms with Crippen molar-refractivity contribution in [3.63, 3.8) is 0 Å². The summed E-state index contributed by atoms with van der Waals surface area (Å²) in [4.78, 5) is 9.23. The SMILES string of the molecule is Cc1cc(-c2c(-c3cccc(C#N)c3)nn3ccc(NC4CCCNC4)nc23)cc(Cl)n1. The molecule has 4 aromatic rings. The van der Waals surface area contributed by atoms with E-state index in [4.69, 9.17) is 21.7 Å². The van der Waals surface area contributed by atoms with E-state index in [9.17, 15) is 5.26 Å². The fourth-order valence-electron chi connectivity index (χ4n) is 4.17. The third kappa shape index (κ3) is 4.03. The van der Waals surface area contributed by atoms with Crippen LogP contribution in [0.4, 0.5) is 5.82 Å². The van der Waals surface area contributed by atoms with Crippen LogP contribution in [-0.2, 0) is 0 Å². The van der Waals surface area contributed by atoms with E-state index in [0.717, 1.165) is 65.5 Å². The largest absolute Gasteiger partial charge is 0.366 e. The van der Waals surface area contributed by atoms with Gasteiger partial charge in [-0.05, 0) is 62.2 Å². The molecule has 5 rings (SSSR count). The second-order valence-corrected chi connectivity index (χ2v) is 8.39. The van der Waals surface area contributed by atoms with Crippen LogP contribution in [0.2, 0.25) is 5.15 Å². The van der Waals surface area contributed by atoms with Gasteiger partial charge in [-0.25, -0.2) is 14.5 Å². The van der Waals surface area contributed by atoms with Crippen molar-refractivity contribution in [2.45, 2.75) is 25.8 Å². The van der Waals surface area contributed by atoms with Gasteiger partial charge in [-0.15, -0.1) is 0 Å². The summed E-state index contributed by atoms with van der Waals surface area (Å²) in [5.41, 5.74) is 5.45. The fraction of sp³-hybridized carbons (Fsp3) is 0.250. The van der Waals surface area contributed by atoms with Gasteiger partial charge in [0, 0.05) is 30.0 Å². The molecule has 4 heterocycles. The molecule has 1 saturated heterocycles. The summed E-state index contributed by atoms with van der Waals surface area (Å²) in [6, 6.07) is 15.7. The molecule has 0 aliphatic carbocycles. The number of pyridine rings is 1. The second kappa shape index (κ2) is 8.58. The molecular weight excluding hydrogens is 422 g/mol. The first-order valence-electron chi connectivity index (χ1n) is 10.6. The quantitative estimate of drug-likeness (QED) is 0.452. The summed E-state index contributed by atoms with van der Waals surface area (Å²) in [5.74, 6) is 0.807. The minimum absolute atomic E-state index is 0.342. The molecule has 0 radical (unpaired) electrons. The number of rotatable bonds is 4. The third-order valence-electron chi connectivity index (χ3n) is 5.61. The van der Waals surface area contributed by atoms with Crippen LogP contribution in [0.1, 0.15) is 24.1 Å². The van der Waals surface area contributed by atoms with Gasteiger partial charge in [0.25, 0.3) is 0 Å². The molecule has 0 spiro atoms. The van der Waals surface area contributed by atoms with Crippen LogP contribution in [0.25, 0.3) is 28.0 Å². The number of halogens is 1. The van der Waals surface area contributed by atoms with Gasteiger partial charge in [-0.2, -0.15) is 10.4 Å². The van der Waals surface area contributed by atoms with E-state index in [2.05, 4.69) is 21.7 Å². The number of piperidine rings is 1. The van der Waals surface area contributed by atoms with Crippen LogP contribution < -0.4 is 10.6 Å². The van der Waals surface area contributed by atoms with E-state index in [-0.39, 0.29) is 0 Å². The summed E-state index contributed by atoms with van der Waals surface area (Å²) in [6.45, 7) is 3.89. The van der Waals surface area contributed by atoms with Crippen molar-refractivity contribution in [2.75, 3.05) is 18.4 Å². The van der Waals surface area contributed by atoms with Gasteiger partial charge in [0.15, 0.2) is 5.65 Å². The first kappa shape index (κ1) is 20.4. The Morgan fingerprint density at radius 2 is 2.09 bits per heavy atom. The second-order valence-electron chi connectivity index (χ2n) is 8.00. The van der Waals surface area contributed by atoms with Gasteiger partial charge in [-0.3, -0.25) is 0 Å². The highest BCUT2D eigenvalue weighted by Crippen LogP contribution is 2.36. The van der Waals surface area contributed by atoms with Gasteiger partial charge in [-0.1, -0.05) is 23.7 Å². The summed E-state index contributed by atoms with van der Waals surface area (Å²) in [6.07, 6.45) is 4.17. The van der Waals surface area contributed by atoms with Crippen molar-refractivity contribution in [1.82, 2.24) is 24.9 Å². The molecule has 0 amide bonds. The van der Waals surface area contributed by atoms with Gasteiger partial charge in [0.05, 0.1) is 17.2 Å². The van der Waals surface area contributed by atoms with Crippen LogP contribution in [0, 0.1) is 18.3 Å². The molecule has 1 fully saturated rings. The standard InChI is InChI=1S/C24H22ClN7/c1-15-10-18(12-20(25)28-15)22-23(17-5-2-4-16(11-17)13-26)31-32-9-7-21(30-24(22)32)29-19-6-3-8-27-14-19/h2,4-5,7,9-12,19,27H,3,6,8,14H2,1H3,(H,29,30). The van der Waals surface area contributed by atoms with Crippen molar-refractivity contribution in [3.8, 4) is 28.5 Å². The average molecular weight is 444 g/mol. The fourth-order valence-corrected chi connectivity index (χ4v) is 4.42. The number of benzene rings is 1. The molecule has 7 nitrogen and oxygen atoms in total. The van der Waals surface area contributed by atoms with E-state index in [1.807, 2.05) is 49.5 Å². The zero-order chi connectivity index (χ0) is 22.1. The number of hydrogen-bond donors (Lipinski definition) is 2. The van der Waals surface area contributed by atoms with E-state index in [1.165, 1.54) is 0 Å². The first-order chi connectivity index (χ1) is 15.6. The molecule has 0 bridgehead atoms. The van der Waals surface area contributed by atoms with Gasteiger partial charge >= 0.3 is 0 Å². The van der Waals surface area contributed by atoms with Crippen LogP contribution in [0.15, 0.2) is 48.7 Å². The number of nitriles is 1. The summed E-state index contributed by atoms with van der Waals surface area (Å²) in [7, 11) is 0. The molecule has 1 unspecified atom stereocenters. The van der Waals surface area contributed by atoms with Crippen LogP contribution in [-0.4, -0.2) is 38.7 Å². The molecule has 1 aliphatic heterocycles. The Labute approximate surface area is 191 Å². The van der Waals surface area contributed by atoms with E-state index in [0.29, 0.717) is 16.8 Å². The van der Waals surface area contributed by atoms with Crippen molar-refractivity contribution >= 4 is 23.1 Å². The predicted molar refractivity (Wildman–Crippen MR) is 126 cm³/mol. The van der Waals surface area contributed by atoms with Crippen LogP contribution in [0.3, 0.4) is 0 Å². The molecule has 1 aromatic carbocycles. The van der Waals surface area contributed by atoms with Crippen molar-refractivity contribution in [2.24, 2.45) is 0 Å². The minimum atomic E-state index is 0.342. The lowest BCUT2D eigenvalue weighted by molar-refractivity contribution is 0.479. The maximum Gasteiger partial charge on any atom is 0.165 e. The molecule has 0 saturated carbocycles. The lowest BCUT2D eigenvalue weighted by atomic mass is 10.00. The van der Waals surface area contributed by atoms with E-state index >= 15 is 0 Å². The Morgan fingerprint density at radius 3 is 2.88 bits per heavy atom. The lowest BCUT2D eigenvalue weighted by Crippen LogP contribution is -2.38. The topological polar surface area (TPSA) is 90.9 Å². The molecular formula is C24H22ClN7. The van der Waals surface area contributed by atoms with Crippen molar-refractivity contribution in [3.05, 3.63) is 65.1 Å². The Bertz CT molecular complexity index is 1310. The highest BCUT2D eigenvalue weighted by Gasteiger charge is 2.20. The molecule has 8 heteroatoms. The average Bonchev–Trinajstić information content (AvgIpc) is 3.18. The number of aromatic nitrogens is 4. The molecule has 1 aliphatic rings. The lowest BCUT2D eigenvalue weighted by Gasteiger charge is -2.24. The highest BCUT2D eigenvalue weighted by atomic mass is 35.5. The number of aryl methyl sites for hydroxylation is 1. The molecule has 160 valence electrons. The van der Waals surface area contributed by atoms with Gasteiger partial charge in [0.2, 0.25) is 0 Å². The maximum absolute atomic E-state index is 9.37. The smallest absolute Gasteiger partial charge is 0.165 e. The number of hydrogen-bond acceptors (Lipinski definition) is 6.